The Morgan fingerprint density at radius 3 is 2.38 bits per heavy atom. The van der Waals surface area contributed by atoms with Gasteiger partial charge in [0.05, 0.1) is 18.1 Å². The first-order chi connectivity index (χ1) is 12.3. The average molecular weight is 390 g/mol. The van der Waals surface area contributed by atoms with Gasteiger partial charge >= 0.3 is 0 Å². The molecule has 0 unspecified atom stereocenters. The molecule has 6 N–H and O–H groups in total. The van der Waals surface area contributed by atoms with E-state index in [1.165, 1.54) is 6.92 Å². The van der Waals surface area contributed by atoms with Crippen LogP contribution in [0.3, 0.4) is 0 Å². The minimum absolute atomic E-state index is 0.0346. The third-order valence-electron chi connectivity index (χ3n) is 4.86. The molecule has 0 aromatic carbocycles. The summed E-state index contributed by atoms with van der Waals surface area (Å²) in [6, 6.07) is -1.64. The second-order valence-electron chi connectivity index (χ2n) is 6.99. The number of carboxylic acid groups (broad SMARTS) is 1. The van der Waals surface area contributed by atoms with E-state index in [4.69, 9.17) is 0 Å². The molecule has 150 valence electrons. The van der Waals surface area contributed by atoms with Crippen molar-refractivity contribution in [1.82, 2.24) is 10.6 Å². The van der Waals surface area contributed by atoms with Crippen molar-refractivity contribution in [1.29, 1.82) is 0 Å². The molecule has 8 nitrogen and oxygen atoms in total. The fourth-order valence-electron chi connectivity index (χ4n) is 3.06. The summed E-state index contributed by atoms with van der Waals surface area (Å²) in [4.78, 5) is 35.1. The van der Waals surface area contributed by atoms with Crippen molar-refractivity contribution in [2.45, 2.75) is 57.2 Å². The highest BCUT2D eigenvalue weighted by Gasteiger charge is 2.29. The summed E-state index contributed by atoms with van der Waals surface area (Å²) < 4.78 is 0. The first kappa shape index (κ1) is 22.7. The SMILES string of the molecule is CSCC[C@H]([NH3+])C(=O)NCC1CCC(C(=O)N[C@@H](C(=O)[O-])[C@@H](C)O)CC1. The average Bonchev–Trinajstić information content (AvgIpc) is 2.61. The number of carbonyl (C=O) groups excluding carboxylic acids is 3. The maximum absolute atomic E-state index is 12.2. The summed E-state index contributed by atoms with van der Waals surface area (Å²) in [5.41, 5.74) is 3.88. The van der Waals surface area contributed by atoms with E-state index in [1.807, 2.05) is 6.26 Å². The smallest absolute Gasteiger partial charge is 0.278 e. The number of aliphatic carboxylic acids is 1. The third kappa shape index (κ3) is 7.51. The Morgan fingerprint density at radius 1 is 1.27 bits per heavy atom. The summed E-state index contributed by atoms with van der Waals surface area (Å²) in [6.07, 6.45) is 4.37. The van der Waals surface area contributed by atoms with E-state index in [2.05, 4.69) is 16.4 Å². The molecule has 0 aromatic rings. The van der Waals surface area contributed by atoms with E-state index >= 15 is 0 Å². The molecule has 1 fully saturated rings. The summed E-state index contributed by atoms with van der Waals surface area (Å²) in [7, 11) is 0. The maximum atomic E-state index is 12.2. The van der Waals surface area contributed by atoms with Gasteiger partial charge in [0.25, 0.3) is 5.91 Å². The molecule has 0 bridgehead atoms. The number of amides is 2. The van der Waals surface area contributed by atoms with Crippen LogP contribution in [0, 0.1) is 11.8 Å². The maximum Gasteiger partial charge on any atom is 0.278 e. The normalized spacial score (nSPS) is 23.5. The van der Waals surface area contributed by atoms with Gasteiger partial charge in [0.1, 0.15) is 0 Å². The van der Waals surface area contributed by atoms with Crippen molar-refractivity contribution in [3.63, 3.8) is 0 Å². The predicted octanol–water partition coefficient (Wildman–Crippen LogP) is -2.11. The minimum atomic E-state index is -1.49. The summed E-state index contributed by atoms with van der Waals surface area (Å²) in [5.74, 6) is -0.950. The molecule has 0 spiro atoms. The molecule has 26 heavy (non-hydrogen) atoms. The molecule has 0 aromatic heterocycles. The molecule has 3 atom stereocenters. The number of thioether (sulfide) groups is 1. The topological polar surface area (TPSA) is 146 Å². The van der Waals surface area contributed by atoms with Gasteiger partial charge in [-0.15, -0.1) is 0 Å². The van der Waals surface area contributed by atoms with Crippen LogP contribution in [-0.4, -0.2) is 59.6 Å². The number of rotatable bonds is 10. The van der Waals surface area contributed by atoms with Gasteiger partial charge in [-0.05, 0) is 50.5 Å². The quantitative estimate of drug-likeness (QED) is 0.336. The van der Waals surface area contributed by atoms with Gasteiger partial charge in [-0.1, -0.05) is 0 Å². The van der Waals surface area contributed by atoms with Crippen molar-refractivity contribution in [3.05, 3.63) is 0 Å². The Kier molecular flexibility index (Phi) is 9.97. The molecule has 0 aliphatic heterocycles. The molecule has 0 radical (unpaired) electrons. The van der Waals surface area contributed by atoms with Crippen LogP contribution >= 0.6 is 11.8 Å². The molecule has 1 saturated carbocycles. The summed E-state index contributed by atoms with van der Waals surface area (Å²) in [6.45, 7) is 1.88. The van der Waals surface area contributed by atoms with Crippen molar-refractivity contribution >= 4 is 29.5 Å². The number of carbonyl (C=O) groups is 3. The van der Waals surface area contributed by atoms with Crippen molar-refractivity contribution < 1.29 is 30.3 Å². The van der Waals surface area contributed by atoms with Gasteiger partial charge in [-0.2, -0.15) is 11.8 Å². The van der Waals surface area contributed by atoms with Crippen LogP contribution in [0.2, 0.25) is 0 Å². The zero-order valence-electron chi connectivity index (χ0n) is 15.5. The van der Waals surface area contributed by atoms with Crippen LogP contribution < -0.4 is 21.5 Å². The molecule has 0 heterocycles. The summed E-state index contributed by atoms with van der Waals surface area (Å²) in [5, 5.41) is 25.7. The summed E-state index contributed by atoms with van der Waals surface area (Å²) >= 11 is 1.69. The second kappa shape index (κ2) is 11.4. The highest BCUT2D eigenvalue weighted by Crippen LogP contribution is 2.28. The van der Waals surface area contributed by atoms with Gasteiger partial charge in [0.2, 0.25) is 5.91 Å². The second-order valence-corrected chi connectivity index (χ2v) is 7.97. The van der Waals surface area contributed by atoms with Crippen LogP contribution in [0.1, 0.15) is 39.0 Å². The predicted molar refractivity (Wildman–Crippen MR) is 96.8 cm³/mol. The van der Waals surface area contributed by atoms with Crippen LogP contribution in [0.4, 0.5) is 0 Å². The van der Waals surface area contributed by atoms with E-state index in [0.29, 0.717) is 25.3 Å². The zero-order chi connectivity index (χ0) is 19.7. The molecule has 2 amide bonds. The largest absolute Gasteiger partial charge is 0.548 e. The zero-order valence-corrected chi connectivity index (χ0v) is 16.3. The third-order valence-corrected chi connectivity index (χ3v) is 5.50. The highest BCUT2D eigenvalue weighted by atomic mass is 32.2. The Balaban J connectivity index is 2.34. The number of hydrogen-bond acceptors (Lipinski definition) is 6. The lowest BCUT2D eigenvalue weighted by Gasteiger charge is -2.30. The first-order valence-electron chi connectivity index (χ1n) is 9.05. The lowest BCUT2D eigenvalue weighted by atomic mass is 9.81. The number of nitrogens with one attached hydrogen (secondary N) is 2. The fraction of sp³-hybridized carbons (Fsp3) is 0.824. The van der Waals surface area contributed by atoms with Crippen LogP contribution in [0.15, 0.2) is 0 Å². The standard InChI is InChI=1S/C17H31N3O5S/c1-10(21)14(17(24)25)20-15(22)12-5-3-11(4-6-12)9-19-16(23)13(18)7-8-26-2/h10-14,21H,3-9,18H2,1-2H3,(H,19,23)(H,20,22)(H,24,25)/t10-,11?,12?,13+,14-/m1/s1. The van der Waals surface area contributed by atoms with Crippen molar-refractivity contribution in [2.24, 2.45) is 11.8 Å². The number of carboxylic acids is 1. The molecule has 0 saturated heterocycles. The van der Waals surface area contributed by atoms with Gasteiger partial charge in [-0.25, -0.2) is 0 Å². The highest BCUT2D eigenvalue weighted by molar-refractivity contribution is 7.98. The van der Waals surface area contributed by atoms with E-state index in [9.17, 15) is 24.6 Å². The molecular weight excluding hydrogens is 358 g/mol. The van der Waals surface area contributed by atoms with E-state index in [-0.39, 0.29) is 23.8 Å². The van der Waals surface area contributed by atoms with Crippen LogP contribution in [0.25, 0.3) is 0 Å². The minimum Gasteiger partial charge on any atom is -0.548 e. The Hall–Kier alpha value is -1.32. The molecule has 1 aliphatic rings. The van der Waals surface area contributed by atoms with Crippen molar-refractivity contribution in [2.75, 3.05) is 18.6 Å². The number of quaternary nitrogens is 1. The molecule has 1 aliphatic carbocycles. The van der Waals surface area contributed by atoms with Crippen LogP contribution in [0.5, 0.6) is 0 Å². The lowest BCUT2D eigenvalue weighted by Crippen LogP contribution is -2.67. The molecular formula is C17H31N3O5S. The van der Waals surface area contributed by atoms with E-state index in [0.717, 1.165) is 25.0 Å². The number of hydrogen-bond donors (Lipinski definition) is 4. The van der Waals surface area contributed by atoms with Gasteiger partial charge < -0.3 is 31.4 Å². The first-order valence-corrected chi connectivity index (χ1v) is 10.4. The van der Waals surface area contributed by atoms with Gasteiger partial charge in [0.15, 0.2) is 6.04 Å². The molecule has 9 heteroatoms. The van der Waals surface area contributed by atoms with E-state index in [1.54, 1.807) is 11.8 Å². The monoisotopic (exact) mass is 389 g/mol. The fourth-order valence-corrected chi connectivity index (χ4v) is 3.58. The van der Waals surface area contributed by atoms with E-state index < -0.39 is 18.1 Å². The Labute approximate surface area is 158 Å². The van der Waals surface area contributed by atoms with Gasteiger partial charge in [-0.3, -0.25) is 9.59 Å². The number of aliphatic hydroxyl groups is 1. The Bertz CT molecular complexity index is 481. The lowest BCUT2D eigenvalue weighted by molar-refractivity contribution is -0.403. The van der Waals surface area contributed by atoms with Gasteiger partial charge in [0, 0.05) is 18.9 Å². The Morgan fingerprint density at radius 2 is 1.88 bits per heavy atom. The van der Waals surface area contributed by atoms with Crippen molar-refractivity contribution in [3.8, 4) is 0 Å². The molecule has 1 rings (SSSR count). The number of aliphatic hydroxyl groups excluding tert-OH is 1. The van der Waals surface area contributed by atoms with Crippen LogP contribution in [-0.2, 0) is 14.4 Å².